The van der Waals surface area contributed by atoms with Crippen LogP contribution in [-0.4, -0.2) is 63.3 Å². The van der Waals surface area contributed by atoms with Crippen LogP contribution in [0.2, 0.25) is 0 Å². The molecule has 7 nitrogen and oxygen atoms in total. The van der Waals surface area contributed by atoms with Gasteiger partial charge in [-0.15, -0.1) is 24.0 Å². The summed E-state index contributed by atoms with van der Waals surface area (Å²) in [6.07, 6.45) is 3.04. The lowest BCUT2D eigenvalue weighted by molar-refractivity contribution is -0.128. The molecule has 2 rings (SSSR count). The number of amides is 1. The fraction of sp³-hybridized carbons (Fsp3) is 0.619. The van der Waals surface area contributed by atoms with Crippen molar-refractivity contribution in [2.45, 2.75) is 39.7 Å². The average molecular weight is 518 g/mol. The van der Waals surface area contributed by atoms with Crippen LogP contribution >= 0.6 is 24.0 Å². The van der Waals surface area contributed by atoms with E-state index in [1.807, 2.05) is 30.9 Å². The maximum Gasteiger partial charge on any atom is 0.241 e. The van der Waals surface area contributed by atoms with Gasteiger partial charge in [0.25, 0.3) is 0 Å². The van der Waals surface area contributed by atoms with Crippen LogP contribution in [0.15, 0.2) is 23.2 Å². The third-order valence-corrected chi connectivity index (χ3v) is 4.59. The molecule has 0 aromatic heterocycles. The van der Waals surface area contributed by atoms with Crippen LogP contribution in [0.1, 0.15) is 37.3 Å². The lowest BCUT2D eigenvalue weighted by atomic mass is 10.1. The molecule has 0 spiro atoms. The minimum absolute atomic E-state index is 0. The van der Waals surface area contributed by atoms with E-state index >= 15 is 0 Å². The quantitative estimate of drug-likeness (QED) is 0.216. The summed E-state index contributed by atoms with van der Waals surface area (Å²) in [5.74, 6) is 1.62. The molecular weight excluding hydrogens is 483 g/mol. The zero-order valence-corrected chi connectivity index (χ0v) is 20.2. The van der Waals surface area contributed by atoms with E-state index < -0.39 is 0 Å². The number of hydrogen-bond donors (Lipinski definition) is 2. The Morgan fingerprint density at radius 3 is 2.66 bits per heavy atom. The molecule has 0 saturated carbocycles. The summed E-state index contributed by atoms with van der Waals surface area (Å²) in [7, 11) is 1.69. The fourth-order valence-electron chi connectivity index (χ4n) is 3.06. The zero-order chi connectivity index (χ0) is 20.2. The van der Waals surface area contributed by atoms with Gasteiger partial charge in [0.15, 0.2) is 5.96 Å². The van der Waals surface area contributed by atoms with Crippen molar-refractivity contribution in [3.05, 3.63) is 29.3 Å². The first-order valence-electron chi connectivity index (χ1n) is 10.1. The number of ether oxygens (including phenoxy) is 2. The van der Waals surface area contributed by atoms with Gasteiger partial charge in [-0.05, 0) is 38.3 Å². The summed E-state index contributed by atoms with van der Waals surface area (Å²) in [6.45, 7) is 8.55. The summed E-state index contributed by atoms with van der Waals surface area (Å²) in [5, 5.41) is 6.35. The Labute approximate surface area is 191 Å². The van der Waals surface area contributed by atoms with E-state index in [0.717, 1.165) is 55.8 Å². The van der Waals surface area contributed by atoms with Gasteiger partial charge in [-0.1, -0.05) is 12.1 Å². The maximum absolute atomic E-state index is 12.2. The number of aliphatic imine (C=N–C) groups is 1. The summed E-state index contributed by atoms with van der Waals surface area (Å²) in [6, 6.07) is 6.14. The third kappa shape index (κ3) is 9.20. The van der Waals surface area contributed by atoms with Crippen LogP contribution in [-0.2, 0) is 16.1 Å². The predicted molar refractivity (Wildman–Crippen MR) is 127 cm³/mol. The van der Waals surface area contributed by atoms with Crippen LogP contribution < -0.4 is 15.4 Å². The molecule has 0 bridgehead atoms. The van der Waals surface area contributed by atoms with E-state index in [0.29, 0.717) is 25.7 Å². The van der Waals surface area contributed by atoms with Gasteiger partial charge in [-0.25, -0.2) is 4.99 Å². The molecule has 1 aromatic rings. The molecule has 1 aliphatic rings. The van der Waals surface area contributed by atoms with Crippen LogP contribution in [0.3, 0.4) is 0 Å². The second-order valence-electron chi connectivity index (χ2n) is 6.94. The van der Waals surface area contributed by atoms with E-state index in [-0.39, 0.29) is 36.4 Å². The number of rotatable bonds is 10. The van der Waals surface area contributed by atoms with Gasteiger partial charge >= 0.3 is 0 Å². The van der Waals surface area contributed by atoms with Gasteiger partial charge in [0, 0.05) is 45.3 Å². The first-order valence-corrected chi connectivity index (χ1v) is 10.1. The van der Waals surface area contributed by atoms with E-state index in [4.69, 9.17) is 9.47 Å². The Morgan fingerprint density at radius 2 is 1.97 bits per heavy atom. The number of carbonyl (C=O) groups is 1. The molecule has 0 aliphatic carbocycles. The lowest BCUT2D eigenvalue weighted by Gasteiger charge is -2.17. The largest absolute Gasteiger partial charge is 0.493 e. The number of hydrogen-bond acceptors (Lipinski definition) is 4. The highest BCUT2D eigenvalue weighted by Crippen LogP contribution is 2.21. The van der Waals surface area contributed by atoms with Crippen LogP contribution in [0.25, 0.3) is 0 Å². The monoisotopic (exact) mass is 518 g/mol. The van der Waals surface area contributed by atoms with Crippen molar-refractivity contribution in [1.29, 1.82) is 0 Å². The molecule has 164 valence electrons. The van der Waals surface area contributed by atoms with Crippen molar-refractivity contribution in [3.8, 4) is 5.75 Å². The predicted octanol–water partition coefficient (Wildman–Crippen LogP) is 2.71. The summed E-state index contributed by atoms with van der Waals surface area (Å²) < 4.78 is 11.0. The number of nitrogens with zero attached hydrogens (tertiary/aromatic N) is 2. The molecular formula is C21H35IN4O3. The normalized spacial score (nSPS) is 13.8. The Bertz CT molecular complexity index is 649. The van der Waals surface area contributed by atoms with E-state index in [9.17, 15) is 4.79 Å². The molecule has 1 aromatic carbocycles. The molecule has 1 heterocycles. The van der Waals surface area contributed by atoms with Gasteiger partial charge in [0.05, 0.1) is 19.7 Å². The van der Waals surface area contributed by atoms with Crippen molar-refractivity contribution in [3.63, 3.8) is 0 Å². The first-order chi connectivity index (χ1) is 13.6. The standard InChI is InChI=1S/C21H34N4O3.HI/c1-4-22-21(24-16-20(26)25-10-5-6-11-25)23-15-18-9-8-17(2)14-19(18)28-13-7-12-27-3;/h8-9,14H,4-7,10-13,15-16H2,1-3H3,(H2,22,23,24);1H. The Kier molecular flexibility index (Phi) is 12.7. The number of halogens is 1. The van der Waals surface area contributed by atoms with Gasteiger partial charge in [-0.3, -0.25) is 4.79 Å². The number of benzene rings is 1. The fourth-order valence-corrected chi connectivity index (χ4v) is 3.06. The topological polar surface area (TPSA) is 75.2 Å². The average Bonchev–Trinajstić information content (AvgIpc) is 3.23. The van der Waals surface area contributed by atoms with E-state index in [1.165, 1.54) is 0 Å². The SMILES string of the molecule is CCNC(=NCc1ccc(C)cc1OCCCOC)NCC(=O)N1CCCC1.I. The molecule has 1 aliphatic heterocycles. The molecule has 0 unspecified atom stereocenters. The molecule has 0 radical (unpaired) electrons. The molecule has 0 atom stereocenters. The summed E-state index contributed by atoms with van der Waals surface area (Å²) in [5.41, 5.74) is 2.17. The third-order valence-electron chi connectivity index (χ3n) is 4.59. The smallest absolute Gasteiger partial charge is 0.241 e. The lowest BCUT2D eigenvalue weighted by Crippen LogP contribution is -2.44. The van der Waals surface area contributed by atoms with E-state index in [1.54, 1.807) is 7.11 Å². The van der Waals surface area contributed by atoms with Crippen molar-refractivity contribution >= 4 is 35.8 Å². The number of aryl methyl sites for hydroxylation is 1. The van der Waals surface area contributed by atoms with Gasteiger partial charge in [-0.2, -0.15) is 0 Å². The highest BCUT2D eigenvalue weighted by atomic mass is 127. The highest BCUT2D eigenvalue weighted by molar-refractivity contribution is 14.0. The summed E-state index contributed by atoms with van der Waals surface area (Å²) >= 11 is 0. The molecule has 1 amide bonds. The number of guanidine groups is 1. The van der Waals surface area contributed by atoms with E-state index in [2.05, 4.69) is 21.7 Å². The molecule has 1 saturated heterocycles. The van der Waals surface area contributed by atoms with Crippen LogP contribution in [0, 0.1) is 6.92 Å². The van der Waals surface area contributed by atoms with Crippen LogP contribution in [0.4, 0.5) is 0 Å². The van der Waals surface area contributed by atoms with Crippen molar-refractivity contribution < 1.29 is 14.3 Å². The Morgan fingerprint density at radius 1 is 1.21 bits per heavy atom. The first kappa shape index (κ1) is 25.5. The minimum Gasteiger partial charge on any atom is -0.493 e. The minimum atomic E-state index is 0. The Balaban J connectivity index is 0.00000420. The second kappa shape index (κ2) is 14.4. The molecule has 8 heteroatoms. The molecule has 2 N–H and O–H groups in total. The highest BCUT2D eigenvalue weighted by Gasteiger charge is 2.17. The van der Waals surface area contributed by atoms with Gasteiger partial charge in [0.1, 0.15) is 5.75 Å². The number of methoxy groups -OCH3 is 1. The number of likely N-dealkylation sites (tertiary alicyclic amines) is 1. The number of carbonyl (C=O) groups excluding carboxylic acids is 1. The van der Waals surface area contributed by atoms with Crippen molar-refractivity contribution in [2.24, 2.45) is 4.99 Å². The summed E-state index contributed by atoms with van der Waals surface area (Å²) in [4.78, 5) is 18.8. The van der Waals surface area contributed by atoms with Crippen molar-refractivity contribution in [1.82, 2.24) is 15.5 Å². The van der Waals surface area contributed by atoms with Crippen molar-refractivity contribution in [2.75, 3.05) is 46.5 Å². The van der Waals surface area contributed by atoms with Gasteiger partial charge < -0.3 is 25.0 Å². The molecule has 29 heavy (non-hydrogen) atoms. The molecule has 1 fully saturated rings. The number of nitrogens with one attached hydrogen (secondary N) is 2. The second-order valence-corrected chi connectivity index (χ2v) is 6.94. The van der Waals surface area contributed by atoms with Gasteiger partial charge in [0.2, 0.25) is 5.91 Å². The maximum atomic E-state index is 12.2. The van der Waals surface area contributed by atoms with Crippen LogP contribution in [0.5, 0.6) is 5.75 Å². The Hall–Kier alpha value is -1.55. The zero-order valence-electron chi connectivity index (χ0n) is 17.8.